The fourth-order valence-electron chi connectivity index (χ4n) is 1.81. The molecule has 3 nitrogen and oxygen atoms in total. The first-order chi connectivity index (χ1) is 8.58. The summed E-state index contributed by atoms with van der Waals surface area (Å²) in [6.07, 6.45) is 1.00. The van der Waals surface area contributed by atoms with E-state index in [-0.39, 0.29) is 18.1 Å². The van der Waals surface area contributed by atoms with E-state index >= 15 is 0 Å². The van der Waals surface area contributed by atoms with Gasteiger partial charge in [-0.2, -0.15) is 0 Å². The third-order valence-electron chi connectivity index (χ3n) is 2.74. The van der Waals surface area contributed by atoms with Crippen LogP contribution in [0, 0.1) is 0 Å². The van der Waals surface area contributed by atoms with Gasteiger partial charge in [0.25, 0.3) is 0 Å². The van der Waals surface area contributed by atoms with Crippen molar-refractivity contribution >= 4 is 5.97 Å². The molecule has 1 atom stereocenters. The molecule has 0 aromatic heterocycles. The van der Waals surface area contributed by atoms with Gasteiger partial charge in [-0.1, -0.05) is 31.2 Å². The van der Waals surface area contributed by atoms with Crippen LogP contribution in [-0.2, 0) is 16.0 Å². The van der Waals surface area contributed by atoms with Gasteiger partial charge in [0.1, 0.15) is 6.04 Å². The van der Waals surface area contributed by atoms with Crippen molar-refractivity contribution in [3.63, 3.8) is 0 Å². The molecule has 1 N–H and O–H groups in total. The highest BCUT2D eigenvalue weighted by Gasteiger charge is 2.22. The summed E-state index contributed by atoms with van der Waals surface area (Å²) in [5, 5.41) is 3.24. The third-order valence-corrected chi connectivity index (χ3v) is 2.74. The van der Waals surface area contributed by atoms with Crippen LogP contribution in [0.2, 0.25) is 0 Å². The van der Waals surface area contributed by atoms with Gasteiger partial charge in [0.15, 0.2) is 0 Å². The van der Waals surface area contributed by atoms with E-state index in [4.69, 9.17) is 4.74 Å². The molecule has 0 bridgehead atoms. The van der Waals surface area contributed by atoms with E-state index in [2.05, 4.69) is 24.4 Å². The summed E-state index contributed by atoms with van der Waals surface area (Å²) in [5.74, 6) is -0.213. The summed E-state index contributed by atoms with van der Waals surface area (Å²) >= 11 is 0. The Bertz CT molecular complexity index is 371. The molecule has 0 saturated carbocycles. The van der Waals surface area contributed by atoms with Gasteiger partial charge >= 0.3 is 5.97 Å². The standard InChI is InChI=1S/C15H23NO2/c1-5-12-7-9-13(10-8-12)14(16-11(3)4)15(17)18-6-2/h7-11,14,16H,5-6H2,1-4H3. The number of ether oxygens (including phenoxy) is 1. The molecule has 0 fully saturated rings. The Morgan fingerprint density at radius 2 is 1.83 bits per heavy atom. The molecule has 0 heterocycles. The zero-order valence-corrected chi connectivity index (χ0v) is 11.7. The Morgan fingerprint density at radius 1 is 1.22 bits per heavy atom. The van der Waals surface area contributed by atoms with Crippen molar-refractivity contribution in [1.82, 2.24) is 5.32 Å². The van der Waals surface area contributed by atoms with E-state index in [1.54, 1.807) is 0 Å². The van der Waals surface area contributed by atoms with Gasteiger partial charge in [-0.3, -0.25) is 5.32 Å². The van der Waals surface area contributed by atoms with Crippen LogP contribution in [0.5, 0.6) is 0 Å². The zero-order valence-electron chi connectivity index (χ0n) is 11.7. The Hall–Kier alpha value is -1.35. The average Bonchev–Trinajstić information content (AvgIpc) is 2.36. The minimum Gasteiger partial charge on any atom is -0.465 e. The third kappa shape index (κ3) is 4.15. The Kier molecular flexibility index (Phi) is 5.86. The number of carbonyl (C=O) groups excluding carboxylic acids is 1. The lowest BCUT2D eigenvalue weighted by Crippen LogP contribution is -2.34. The van der Waals surface area contributed by atoms with Gasteiger partial charge in [0, 0.05) is 6.04 Å². The van der Waals surface area contributed by atoms with E-state index in [0.29, 0.717) is 6.61 Å². The van der Waals surface area contributed by atoms with Crippen molar-refractivity contribution in [2.75, 3.05) is 6.61 Å². The number of benzene rings is 1. The normalized spacial score (nSPS) is 12.5. The number of hydrogen-bond donors (Lipinski definition) is 1. The molecule has 1 unspecified atom stereocenters. The Balaban J connectivity index is 2.89. The topological polar surface area (TPSA) is 38.3 Å². The van der Waals surface area contributed by atoms with E-state index in [1.165, 1.54) is 5.56 Å². The molecular weight excluding hydrogens is 226 g/mol. The molecule has 0 aliphatic heterocycles. The van der Waals surface area contributed by atoms with Crippen LogP contribution in [0.3, 0.4) is 0 Å². The van der Waals surface area contributed by atoms with E-state index < -0.39 is 0 Å². The molecule has 1 rings (SSSR count). The van der Waals surface area contributed by atoms with Crippen molar-refractivity contribution in [3.8, 4) is 0 Å². The smallest absolute Gasteiger partial charge is 0.327 e. The van der Waals surface area contributed by atoms with Crippen LogP contribution >= 0.6 is 0 Å². The molecule has 0 radical (unpaired) electrons. The van der Waals surface area contributed by atoms with Crippen LogP contribution in [-0.4, -0.2) is 18.6 Å². The zero-order chi connectivity index (χ0) is 13.5. The van der Waals surface area contributed by atoms with Crippen LogP contribution in [0.15, 0.2) is 24.3 Å². The predicted octanol–water partition coefficient (Wildman–Crippen LogP) is 2.85. The fourth-order valence-corrected chi connectivity index (χ4v) is 1.81. The van der Waals surface area contributed by atoms with E-state index in [9.17, 15) is 4.79 Å². The molecule has 0 aliphatic carbocycles. The van der Waals surface area contributed by atoms with Crippen molar-refractivity contribution in [3.05, 3.63) is 35.4 Å². The number of hydrogen-bond acceptors (Lipinski definition) is 3. The number of aryl methyl sites for hydroxylation is 1. The maximum absolute atomic E-state index is 11.9. The minimum atomic E-state index is -0.379. The summed E-state index contributed by atoms with van der Waals surface area (Å²) in [6.45, 7) is 8.39. The van der Waals surface area contributed by atoms with Crippen molar-refractivity contribution < 1.29 is 9.53 Å². The first-order valence-electron chi connectivity index (χ1n) is 6.60. The van der Waals surface area contributed by atoms with Crippen LogP contribution in [0.1, 0.15) is 44.9 Å². The second-order valence-corrected chi connectivity index (χ2v) is 4.60. The van der Waals surface area contributed by atoms with E-state index in [0.717, 1.165) is 12.0 Å². The molecule has 18 heavy (non-hydrogen) atoms. The fraction of sp³-hybridized carbons (Fsp3) is 0.533. The molecular formula is C15H23NO2. The number of rotatable bonds is 6. The lowest BCUT2D eigenvalue weighted by atomic mass is 10.0. The minimum absolute atomic E-state index is 0.213. The highest BCUT2D eigenvalue weighted by Crippen LogP contribution is 2.17. The highest BCUT2D eigenvalue weighted by molar-refractivity contribution is 5.77. The first kappa shape index (κ1) is 14.7. The summed E-state index contributed by atoms with van der Waals surface area (Å²) < 4.78 is 5.11. The largest absolute Gasteiger partial charge is 0.465 e. The molecule has 0 spiro atoms. The van der Waals surface area contributed by atoms with Gasteiger partial charge in [-0.15, -0.1) is 0 Å². The summed E-state index contributed by atoms with van der Waals surface area (Å²) in [5.41, 5.74) is 2.23. The van der Waals surface area contributed by atoms with Crippen LogP contribution in [0.4, 0.5) is 0 Å². The maximum Gasteiger partial charge on any atom is 0.327 e. The monoisotopic (exact) mass is 249 g/mol. The number of esters is 1. The molecule has 3 heteroatoms. The maximum atomic E-state index is 11.9. The average molecular weight is 249 g/mol. The first-order valence-corrected chi connectivity index (χ1v) is 6.60. The SMILES string of the molecule is CCOC(=O)C(NC(C)C)c1ccc(CC)cc1. The molecule has 1 aromatic carbocycles. The Morgan fingerprint density at radius 3 is 2.28 bits per heavy atom. The van der Waals surface area contributed by atoms with Crippen LogP contribution < -0.4 is 5.32 Å². The van der Waals surface area contributed by atoms with E-state index in [1.807, 2.05) is 32.9 Å². The molecule has 0 saturated heterocycles. The van der Waals surface area contributed by atoms with Crippen LogP contribution in [0.25, 0.3) is 0 Å². The quantitative estimate of drug-likeness (QED) is 0.788. The lowest BCUT2D eigenvalue weighted by molar-refractivity contribution is -0.146. The van der Waals surface area contributed by atoms with Crippen molar-refractivity contribution in [1.29, 1.82) is 0 Å². The second kappa shape index (κ2) is 7.17. The lowest BCUT2D eigenvalue weighted by Gasteiger charge is -2.20. The van der Waals surface area contributed by atoms with Gasteiger partial charge < -0.3 is 4.74 Å². The second-order valence-electron chi connectivity index (χ2n) is 4.60. The number of carbonyl (C=O) groups is 1. The van der Waals surface area contributed by atoms with Gasteiger partial charge in [-0.25, -0.2) is 4.79 Å². The van der Waals surface area contributed by atoms with Crippen molar-refractivity contribution in [2.24, 2.45) is 0 Å². The molecule has 1 aromatic rings. The summed E-state index contributed by atoms with van der Waals surface area (Å²) in [4.78, 5) is 11.9. The Labute approximate surface area is 110 Å². The van der Waals surface area contributed by atoms with Gasteiger partial charge in [0.2, 0.25) is 0 Å². The molecule has 0 aliphatic rings. The van der Waals surface area contributed by atoms with Gasteiger partial charge in [0.05, 0.1) is 6.61 Å². The summed E-state index contributed by atoms with van der Waals surface area (Å²) in [7, 11) is 0. The highest BCUT2D eigenvalue weighted by atomic mass is 16.5. The van der Waals surface area contributed by atoms with Crippen molar-refractivity contribution in [2.45, 2.75) is 46.2 Å². The predicted molar refractivity (Wildman–Crippen MR) is 73.5 cm³/mol. The molecule has 0 amide bonds. The van der Waals surface area contributed by atoms with Gasteiger partial charge in [-0.05, 0) is 38.3 Å². The molecule has 100 valence electrons. The summed E-state index contributed by atoms with van der Waals surface area (Å²) in [6, 6.07) is 7.96. The number of nitrogens with one attached hydrogen (secondary N) is 1.